The molecule has 2 aliphatic carbocycles. The van der Waals surface area contributed by atoms with E-state index in [0.29, 0.717) is 18.6 Å². The van der Waals surface area contributed by atoms with Crippen LogP contribution in [0.5, 0.6) is 0 Å². The number of nitrogens with zero attached hydrogens (tertiary/aromatic N) is 1. The van der Waals surface area contributed by atoms with Gasteiger partial charge in [-0.1, -0.05) is 0 Å². The minimum Gasteiger partial charge on any atom is -0.352 e. The maximum atomic E-state index is 11.8. The number of likely N-dealkylation sites (N-methyl/N-ethyl adjacent to an activating group) is 1. The molecule has 0 aromatic rings. The molecule has 0 aromatic carbocycles. The van der Waals surface area contributed by atoms with Crippen LogP contribution in [0.25, 0.3) is 0 Å². The number of carbonyl (C=O) groups is 1. The third-order valence-corrected chi connectivity index (χ3v) is 4.49. The van der Waals surface area contributed by atoms with Gasteiger partial charge in [-0.3, -0.25) is 9.69 Å². The SMILES string of the molecule is CN(CC(=O)NC1CC1)C1CCC2(CC1)OCCO2. The molecule has 3 aliphatic rings. The summed E-state index contributed by atoms with van der Waals surface area (Å²) in [5, 5.41) is 3.04. The third-order valence-electron chi connectivity index (χ3n) is 4.49. The largest absolute Gasteiger partial charge is 0.352 e. The summed E-state index contributed by atoms with van der Waals surface area (Å²) in [6, 6.07) is 0.930. The highest BCUT2D eigenvalue weighted by molar-refractivity contribution is 5.78. The Morgan fingerprint density at radius 3 is 2.42 bits per heavy atom. The zero-order valence-corrected chi connectivity index (χ0v) is 11.7. The van der Waals surface area contributed by atoms with Crippen molar-refractivity contribution in [1.82, 2.24) is 10.2 Å². The van der Waals surface area contributed by atoms with E-state index in [1.807, 2.05) is 7.05 Å². The molecule has 1 amide bonds. The molecule has 3 rings (SSSR count). The van der Waals surface area contributed by atoms with Gasteiger partial charge in [-0.05, 0) is 32.7 Å². The molecule has 19 heavy (non-hydrogen) atoms. The van der Waals surface area contributed by atoms with Gasteiger partial charge >= 0.3 is 0 Å². The third kappa shape index (κ3) is 3.27. The topological polar surface area (TPSA) is 50.8 Å². The maximum Gasteiger partial charge on any atom is 0.234 e. The van der Waals surface area contributed by atoms with Crippen LogP contribution < -0.4 is 5.32 Å². The molecule has 0 atom stereocenters. The minimum atomic E-state index is -0.298. The molecule has 1 spiro atoms. The first-order valence-electron chi connectivity index (χ1n) is 7.44. The molecule has 1 N–H and O–H groups in total. The van der Waals surface area contributed by atoms with Gasteiger partial charge in [-0.2, -0.15) is 0 Å². The van der Waals surface area contributed by atoms with Crippen LogP contribution in [-0.2, 0) is 14.3 Å². The summed E-state index contributed by atoms with van der Waals surface area (Å²) >= 11 is 0. The average Bonchev–Trinajstić information content (AvgIpc) is 3.09. The summed E-state index contributed by atoms with van der Waals surface area (Å²) in [6.45, 7) is 1.96. The van der Waals surface area contributed by atoms with E-state index in [0.717, 1.165) is 51.7 Å². The molecule has 0 unspecified atom stereocenters. The van der Waals surface area contributed by atoms with E-state index in [9.17, 15) is 4.79 Å². The van der Waals surface area contributed by atoms with E-state index in [2.05, 4.69) is 10.2 Å². The number of amides is 1. The summed E-state index contributed by atoms with van der Waals surface area (Å²) in [6.07, 6.45) is 6.30. The maximum absolute atomic E-state index is 11.8. The first kappa shape index (κ1) is 13.3. The Balaban J connectivity index is 1.43. The quantitative estimate of drug-likeness (QED) is 0.822. The smallest absolute Gasteiger partial charge is 0.234 e. The fourth-order valence-corrected chi connectivity index (χ4v) is 3.13. The number of rotatable bonds is 4. The van der Waals surface area contributed by atoms with Gasteiger partial charge in [0.05, 0.1) is 19.8 Å². The zero-order chi connectivity index (χ0) is 13.3. The van der Waals surface area contributed by atoms with Crippen molar-refractivity contribution in [3.63, 3.8) is 0 Å². The van der Waals surface area contributed by atoms with E-state index < -0.39 is 0 Å². The molecular weight excluding hydrogens is 244 g/mol. The number of ether oxygens (including phenoxy) is 2. The van der Waals surface area contributed by atoms with Gasteiger partial charge in [-0.25, -0.2) is 0 Å². The second-order valence-electron chi connectivity index (χ2n) is 6.10. The highest BCUT2D eigenvalue weighted by Gasteiger charge is 2.41. The van der Waals surface area contributed by atoms with Crippen LogP contribution in [0.4, 0.5) is 0 Å². The van der Waals surface area contributed by atoms with E-state index in [-0.39, 0.29) is 11.7 Å². The van der Waals surface area contributed by atoms with E-state index in [1.54, 1.807) is 0 Å². The average molecular weight is 268 g/mol. The summed E-state index contributed by atoms with van der Waals surface area (Å²) in [5.74, 6) is -0.133. The molecule has 0 radical (unpaired) electrons. The van der Waals surface area contributed by atoms with Crippen molar-refractivity contribution < 1.29 is 14.3 Å². The number of hydrogen-bond acceptors (Lipinski definition) is 4. The Bertz CT molecular complexity index is 328. The Morgan fingerprint density at radius 2 is 1.84 bits per heavy atom. The predicted octanol–water partition coefficient (Wildman–Crippen LogP) is 0.882. The second-order valence-corrected chi connectivity index (χ2v) is 6.10. The Labute approximate surface area is 114 Å². The summed E-state index contributed by atoms with van der Waals surface area (Å²) in [7, 11) is 2.05. The van der Waals surface area contributed by atoms with Gasteiger partial charge in [0, 0.05) is 24.9 Å². The number of carbonyl (C=O) groups excluding carboxylic acids is 1. The van der Waals surface area contributed by atoms with Crippen molar-refractivity contribution in [2.75, 3.05) is 26.8 Å². The lowest BCUT2D eigenvalue weighted by Crippen LogP contribution is -2.46. The number of nitrogens with one attached hydrogen (secondary N) is 1. The lowest BCUT2D eigenvalue weighted by Gasteiger charge is -2.38. The first-order chi connectivity index (χ1) is 9.17. The van der Waals surface area contributed by atoms with Crippen molar-refractivity contribution in [3.05, 3.63) is 0 Å². The monoisotopic (exact) mass is 268 g/mol. The van der Waals surface area contributed by atoms with Crippen LogP contribution in [0.15, 0.2) is 0 Å². The van der Waals surface area contributed by atoms with Gasteiger partial charge < -0.3 is 14.8 Å². The minimum absolute atomic E-state index is 0.165. The van der Waals surface area contributed by atoms with E-state index in [4.69, 9.17) is 9.47 Å². The molecule has 1 heterocycles. The Morgan fingerprint density at radius 1 is 1.21 bits per heavy atom. The van der Waals surface area contributed by atoms with Crippen molar-refractivity contribution in [1.29, 1.82) is 0 Å². The molecule has 5 heteroatoms. The summed E-state index contributed by atoms with van der Waals surface area (Å²) in [5.41, 5.74) is 0. The lowest BCUT2D eigenvalue weighted by atomic mass is 9.89. The number of hydrogen-bond donors (Lipinski definition) is 1. The zero-order valence-electron chi connectivity index (χ0n) is 11.7. The van der Waals surface area contributed by atoms with Crippen LogP contribution in [0, 0.1) is 0 Å². The van der Waals surface area contributed by atoms with Gasteiger partial charge in [0.15, 0.2) is 5.79 Å². The highest BCUT2D eigenvalue weighted by atomic mass is 16.7. The van der Waals surface area contributed by atoms with E-state index in [1.165, 1.54) is 0 Å². The van der Waals surface area contributed by atoms with Gasteiger partial charge in [0.25, 0.3) is 0 Å². The predicted molar refractivity (Wildman–Crippen MR) is 70.7 cm³/mol. The van der Waals surface area contributed by atoms with Crippen molar-refractivity contribution >= 4 is 5.91 Å². The molecule has 5 nitrogen and oxygen atoms in total. The molecule has 1 saturated heterocycles. The molecule has 2 saturated carbocycles. The highest BCUT2D eigenvalue weighted by Crippen LogP contribution is 2.36. The van der Waals surface area contributed by atoms with Crippen LogP contribution in [0.1, 0.15) is 38.5 Å². The fourth-order valence-electron chi connectivity index (χ4n) is 3.13. The molecule has 108 valence electrons. The lowest BCUT2D eigenvalue weighted by molar-refractivity contribution is -0.183. The van der Waals surface area contributed by atoms with E-state index >= 15 is 0 Å². The Hall–Kier alpha value is -0.650. The normalized spacial score (nSPS) is 27.1. The second kappa shape index (κ2) is 5.38. The van der Waals surface area contributed by atoms with Crippen LogP contribution in [0.3, 0.4) is 0 Å². The summed E-state index contributed by atoms with van der Waals surface area (Å²) in [4.78, 5) is 14.0. The Kier molecular flexibility index (Phi) is 3.78. The van der Waals surface area contributed by atoms with Crippen molar-refractivity contribution in [2.24, 2.45) is 0 Å². The molecule has 3 fully saturated rings. The first-order valence-corrected chi connectivity index (χ1v) is 7.44. The molecule has 0 bridgehead atoms. The standard InChI is InChI=1S/C14H24N2O3/c1-16(10-13(17)15-11-2-3-11)12-4-6-14(7-5-12)18-8-9-19-14/h11-12H,2-10H2,1H3,(H,15,17). The van der Waals surface area contributed by atoms with Crippen molar-refractivity contribution in [2.45, 2.75) is 56.4 Å². The van der Waals surface area contributed by atoms with Gasteiger partial charge in [0.2, 0.25) is 5.91 Å². The van der Waals surface area contributed by atoms with Crippen LogP contribution in [-0.4, -0.2) is 55.5 Å². The molecular formula is C14H24N2O3. The van der Waals surface area contributed by atoms with Gasteiger partial charge in [-0.15, -0.1) is 0 Å². The van der Waals surface area contributed by atoms with Gasteiger partial charge in [0.1, 0.15) is 0 Å². The summed E-state index contributed by atoms with van der Waals surface area (Å²) < 4.78 is 11.5. The fraction of sp³-hybridized carbons (Fsp3) is 0.929. The molecule has 0 aromatic heterocycles. The van der Waals surface area contributed by atoms with Crippen LogP contribution in [0.2, 0.25) is 0 Å². The van der Waals surface area contributed by atoms with Crippen molar-refractivity contribution in [3.8, 4) is 0 Å². The van der Waals surface area contributed by atoms with Crippen LogP contribution >= 0.6 is 0 Å². The molecule has 1 aliphatic heterocycles.